The van der Waals surface area contributed by atoms with Crippen LogP contribution >= 0.6 is 0 Å². The fraction of sp³-hybridized carbons (Fsp3) is 0.300. The van der Waals surface area contributed by atoms with Gasteiger partial charge in [0, 0.05) is 12.1 Å². The summed E-state index contributed by atoms with van der Waals surface area (Å²) in [6.45, 7) is 1.68. The maximum atomic E-state index is 13.1. The van der Waals surface area contributed by atoms with E-state index in [9.17, 15) is 14.7 Å². The predicted molar refractivity (Wildman–Crippen MR) is 99.7 cm³/mol. The van der Waals surface area contributed by atoms with Crippen LogP contribution in [0.1, 0.15) is 18.9 Å². The van der Waals surface area contributed by atoms with E-state index in [1.54, 1.807) is 30.3 Å². The molecular weight excluding hydrogens is 332 g/mol. The second-order valence-corrected chi connectivity index (χ2v) is 5.95. The molecule has 0 heterocycles. The number of rotatable bonds is 10. The molecule has 0 aromatic heterocycles. The molecule has 6 nitrogen and oxygen atoms in total. The van der Waals surface area contributed by atoms with E-state index in [2.05, 4.69) is 0 Å². The lowest BCUT2D eigenvalue weighted by atomic mass is 10.0. The van der Waals surface area contributed by atoms with Gasteiger partial charge in [-0.15, -0.1) is 0 Å². The van der Waals surface area contributed by atoms with E-state index in [0.717, 1.165) is 5.56 Å². The van der Waals surface area contributed by atoms with Crippen LogP contribution in [0.4, 0.5) is 5.69 Å². The standard InChI is InChI=1S/C20H24N2O4/c1-2-13-26-20(21,18(23)14-16-9-5-3-6-10-16)22(15-19(24)25)17-11-7-4-8-12-17/h3-12H,2,13-15,21H2,1H3,(H,24,25). The lowest BCUT2D eigenvalue weighted by Crippen LogP contribution is -2.65. The minimum Gasteiger partial charge on any atom is -0.480 e. The molecule has 1 unspecified atom stereocenters. The lowest BCUT2D eigenvalue weighted by molar-refractivity contribution is -0.146. The predicted octanol–water partition coefficient (Wildman–Crippen LogP) is 2.43. The summed E-state index contributed by atoms with van der Waals surface area (Å²) in [5, 5.41) is 9.34. The monoisotopic (exact) mass is 356 g/mol. The van der Waals surface area contributed by atoms with Crippen LogP contribution in [0.25, 0.3) is 0 Å². The third-order valence-electron chi connectivity index (χ3n) is 3.90. The number of carbonyl (C=O) groups excluding carboxylic acids is 1. The van der Waals surface area contributed by atoms with Crippen molar-refractivity contribution in [3.63, 3.8) is 0 Å². The van der Waals surface area contributed by atoms with E-state index < -0.39 is 24.1 Å². The number of ketones is 1. The van der Waals surface area contributed by atoms with Gasteiger partial charge >= 0.3 is 5.97 Å². The summed E-state index contributed by atoms with van der Waals surface area (Å²) < 4.78 is 5.72. The number of hydrogen-bond donors (Lipinski definition) is 2. The van der Waals surface area contributed by atoms with Gasteiger partial charge in [-0.2, -0.15) is 0 Å². The highest BCUT2D eigenvalue weighted by Crippen LogP contribution is 2.24. The van der Waals surface area contributed by atoms with Crippen molar-refractivity contribution in [2.75, 3.05) is 18.1 Å². The molecule has 0 aliphatic rings. The zero-order valence-corrected chi connectivity index (χ0v) is 14.8. The average Bonchev–Trinajstić information content (AvgIpc) is 2.65. The molecule has 138 valence electrons. The first kappa shape index (κ1) is 19.6. The van der Waals surface area contributed by atoms with E-state index >= 15 is 0 Å². The Kier molecular flexibility index (Phi) is 6.89. The van der Waals surface area contributed by atoms with Crippen molar-refractivity contribution in [3.8, 4) is 0 Å². The molecule has 6 heteroatoms. The second kappa shape index (κ2) is 9.12. The number of carboxylic acids is 1. The molecule has 0 spiro atoms. The Bertz CT molecular complexity index is 721. The largest absolute Gasteiger partial charge is 0.480 e. The van der Waals surface area contributed by atoms with Gasteiger partial charge in [0.1, 0.15) is 6.54 Å². The number of hydrogen-bond acceptors (Lipinski definition) is 5. The average molecular weight is 356 g/mol. The molecule has 1 atom stereocenters. The van der Waals surface area contributed by atoms with E-state index in [-0.39, 0.29) is 13.0 Å². The Morgan fingerprint density at radius 3 is 2.19 bits per heavy atom. The molecule has 0 bridgehead atoms. The van der Waals surface area contributed by atoms with Crippen molar-refractivity contribution in [2.45, 2.75) is 25.6 Å². The van der Waals surface area contributed by atoms with Crippen molar-refractivity contribution >= 4 is 17.4 Å². The van der Waals surface area contributed by atoms with Crippen LogP contribution in [0.3, 0.4) is 0 Å². The van der Waals surface area contributed by atoms with Crippen molar-refractivity contribution in [1.82, 2.24) is 0 Å². The van der Waals surface area contributed by atoms with Crippen LogP contribution in [0, 0.1) is 0 Å². The number of benzene rings is 2. The van der Waals surface area contributed by atoms with Crippen LogP contribution < -0.4 is 10.6 Å². The molecule has 3 N–H and O–H groups in total. The Hall–Kier alpha value is -2.70. The van der Waals surface area contributed by atoms with Gasteiger partial charge in [0.05, 0.1) is 6.61 Å². The first-order valence-electron chi connectivity index (χ1n) is 8.52. The van der Waals surface area contributed by atoms with Gasteiger partial charge in [0.25, 0.3) is 5.85 Å². The van der Waals surface area contributed by atoms with Crippen molar-refractivity contribution < 1.29 is 19.4 Å². The highest BCUT2D eigenvalue weighted by Gasteiger charge is 2.42. The van der Waals surface area contributed by atoms with Crippen LogP contribution in [0.5, 0.6) is 0 Å². The lowest BCUT2D eigenvalue weighted by Gasteiger charge is -2.39. The molecular formula is C20H24N2O4. The molecule has 2 aromatic rings. The maximum Gasteiger partial charge on any atom is 0.323 e. The maximum absolute atomic E-state index is 13.1. The van der Waals surface area contributed by atoms with Crippen LogP contribution in [-0.2, 0) is 20.7 Å². The zero-order valence-electron chi connectivity index (χ0n) is 14.8. The fourth-order valence-electron chi connectivity index (χ4n) is 2.62. The highest BCUT2D eigenvalue weighted by molar-refractivity contribution is 5.92. The van der Waals surface area contributed by atoms with E-state index in [1.807, 2.05) is 37.3 Å². The smallest absolute Gasteiger partial charge is 0.323 e. The van der Waals surface area contributed by atoms with Gasteiger partial charge in [-0.05, 0) is 24.1 Å². The summed E-state index contributed by atoms with van der Waals surface area (Å²) in [5.74, 6) is -3.37. The van der Waals surface area contributed by atoms with E-state index in [4.69, 9.17) is 10.5 Å². The molecule has 0 fully saturated rings. The summed E-state index contributed by atoms with van der Waals surface area (Å²) >= 11 is 0. The molecule has 0 radical (unpaired) electrons. The number of anilines is 1. The minimum atomic E-state index is -1.87. The molecule has 2 rings (SSSR count). The Labute approximate surface area is 153 Å². The van der Waals surface area contributed by atoms with Gasteiger partial charge in [-0.3, -0.25) is 15.3 Å². The fourth-order valence-corrected chi connectivity index (χ4v) is 2.62. The first-order chi connectivity index (χ1) is 12.5. The summed E-state index contributed by atoms with van der Waals surface area (Å²) in [5.41, 5.74) is 7.69. The number of ether oxygens (including phenoxy) is 1. The molecule has 0 aliphatic heterocycles. The number of carboxylic acid groups (broad SMARTS) is 1. The number of nitrogens with two attached hydrogens (primary N) is 1. The topological polar surface area (TPSA) is 92.9 Å². The zero-order chi connectivity index (χ0) is 19.0. The SMILES string of the molecule is CCCOC(N)(C(=O)Cc1ccccc1)N(CC(=O)O)c1ccccc1. The molecule has 0 saturated heterocycles. The summed E-state index contributed by atoms with van der Waals surface area (Å²) in [7, 11) is 0. The molecule has 0 saturated carbocycles. The Morgan fingerprint density at radius 1 is 1.08 bits per heavy atom. The second-order valence-electron chi connectivity index (χ2n) is 5.95. The first-order valence-corrected chi connectivity index (χ1v) is 8.52. The minimum absolute atomic E-state index is 0.0456. The number of carbonyl (C=O) groups is 2. The summed E-state index contributed by atoms with van der Waals surface area (Å²) in [6, 6.07) is 17.9. The van der Waals surface area contributed by atoms with Crippen LogP contribution in [0.15, 0.2) is 60.7 Å². The number of para-hydroxylation sites is 1. The third kappa shape index (κ3) is 4.91. The Balaban J connectivity index is 2.39. The quantitative estimate of drug-likeness (QED) is 0.635. The molecule has 26 heavy (non-hydrogen) atoms. The van der Waals surface area contributed by atoms with Gasteiger partial charge in [0.15, 0.2) is 0 Å². The van der Waals surface area contributed by atoms with E-state index in [1.165, 1.54) is 4.90 Å². The van der Waals surface area contributed by atoms with Gasteiger partial charge in [-0.25, -0.2) is 0 Å². The van der Waals surface area contributed by atoms with Crippen LogP contribution in [-0.4, -0.2) is 35.9 Å². The van der Waals surface area contributed by atoms with Crippen molar-refractivity contribution in [3.05, 3.63) is 66.2 Å². The normalized spacial score (nSPS) is 13.0. The van der Waals surface area contributed by atoms with Gasteiger partial charge in [0.2, 0.25) is 5.78 Å². The molecule has 0 amide bonds. The van der Waals surface area contributed by atoms with Gasteiger partial charge < -0.3 is 14.7 Å². The highest BCUT2D eigenvalue weighted by atomic mass is 16.5. The van der Waals surface area contributed by atoms with Crippen molar-refractivity contribution in [2.24, 2.45) is 5.73 Å². The summed E-state index contributed by atoms with van der Waals surface area (Å²) in [4.78, 5) is 25.8. The number of nitrogens with zero attached hydrogens (tertiary/aromatic N) is 1. The van der Waals surface area contributed by atoms with Crippen LogP contribution in [0.2, 0.25) is 0 Å². The molecule has 0 aliphatic carbocycles. The van der Waals surface area contributed by atoms with E-state index in [0.29, 0.717) is 12.1 Å². The summed E-state index contributed by atoms with van der Waals surface area (Å²) in [6.07, 6.45) is 0.692. The number of Topliss-reactive ketones (excluding diaryl/α,β-unsaturated/α-hetero) is 1. The van der Waals surface area contributed by atoms with Crippen molar-refractivity contribution in [1.29, 1.82) is 0 Å². The third-order valence-corrected chi connectivity index (χ3v) is 3.90. The Morgan fingerprint density at radius 2 is 1.65 bits per heavy atom. The number of aliphatic carboxylic acids is 1. The molecule has 2 aromatic carbocycles. The van der Waals surface area contributed by atoms with Gasteiger partial charge in [-0.1, -0.05) is 55.5 Å².